The van der Waals surface area contributed by atoms with E-state index in [4.69, 9.17) is 0 Å². The van der Waals surface area contributed by atoms with Gasteiger partial charge in [-0.2, -0.15) is 17.6 Å². The fourth-order valence-corrected chi connectivity index (χ4v) is 4.18. The first-order chi connectivity index (χ1) is 17.0. The monoisotopic (exact) mass is 501 g/mol. The van der Waals surface area contributed by atoms with Crippen LogP contribution in [0.5, 0.6) is 0 Å². The highest BCUT2D eigenvalue weighted by molar-refractivity contribution is 5.74. The average molecular weight is 502 g/mol. The molecule has 36 heavy (non-hydrogen) atoms. The Morgan fingerprint density at radius 2 is 1.69 bits per heavy atom. The maximum absolute atomic E-state index is 13.4. The van der Waals surface area contributed by atoms with Gasteiger partial charge >= 0.3 is 11.9 Å². The molecule has 2 unspecified atom stereocenters. The van der Waals surface area contributed by atoms with Crippen LogP contribution in [0.25, 0.3) is 22.6 Å². The molecule has 4 rings (SSSR count). The van der Waals surface area contributed by atoms with Gasteiger partial charge in [-0.3, -0.25) is 9.13 Å². The first-order valence-corrected chi connectivity index (χ1v) is 11.7. The van der Waals surface area contributed by atoms with Crippen LogP contribution in [-0.4, -0.2) is 30.3 Å². The van der Waals surface area contributed by atoms with Gasteiger partial charge in [0.25, 0.3) is 0 Å². The Bertz CT molecular complexity index is 1440. The summed E-state index contributed by atoms with van der Waals surface area (Å²) in [7, 11) is 1.64. The Balaban J connectivity index is 1.58. The number of rotatable bonds is 7. The molecule has 1 aromatic carbocycles. The number of aromatic nitrogens is 5. The molecule has 0 spiro atoms. The predicted octanol–water partition coefficient (Wildman–Crippen LogP) is 5.77. The molecule has 0 fully saturated rings. The van der Waals surface area contributed by atoms with E-state index in [1.54, 1.807) is 26.2 Å². The molecular formula is C26H27F4N5O. The summed E-state index contributed by atoms with van der Waals surface area (Å²) in [5.41, 5.74) is 3.54. The molecule has 0 bridgehead atoms. The van der Waals surface area contributed by atoms with Crippen LogP contribution in [0.1, 0.15) is 49.4 Å². The van der Waals surface area contributed by atoms with Gasteiger partial charge in [0.1, 0.15) is 5.52 Å². The SMILES string of the molecule is Cc1nc(F)ccc1-c1ncc2c(n1)n(Cc1ccc(C(C)CCC(C)C(F)(F)F)cc1)c(=O)n2C. The van der Waals surface area contributed by atoms with Crippen molar-refractivity contribution in [1.29, 1.82) is 0 Å². The fourth-order valence-electron chi connectivity index (χ4n) is 4.18. The van der Waals surface area contributed by atoms with E-state index in [0.29, 0.717) is 34.7 Å². The topological polar surface area (TPSA) is 65.6 Å². The van der Waals surface area contributed by atoms with Crippen LogP contribution >= 0.6 is 0 Å². The molecule has 0 radical (unpaired) electrons. The third-order valence-corrected chi connectivity index (χ3v) is 6.66. The van der Waals surface area contributed by atoms with Crippen molar-refractivity contribution < 1.29 is 17.6 Å². The van der Waals surface area contributed by atoms with Crippen LogP contribution in [0, 0.1) is 18.8 Å². The lowest BCUT2D eigenvalue weighted by Crippen LogP contribution is -2.22. The number of pyridine rings is 1. The standard InChI is InChI=1S/C26H27F4N5O/c1-15(5-6-16(2)26(28,29)30)19-9-7-18(8-10-19)14-35-24-21(34(4)25(35)36)13-31-23(33-24)20-11-12-22(27)32-17(20)3/h7-13,15-16H,5-6,14H2,1-4H3. The molecular weight excluding hydrogens is 474 g/mol. The van der Waals surface area contributed by atoms with Gasteiger partial charge in [-0.1, -0.05) is 38.1 Å². The van der Waals surface area contributed by atoms with Crippen molar-refractivity contribution >= 4 is 11.2 Å². The van der Waals surface area contributed by atoms with Crippen molar-refractivity contribution in [3.8, 4) is 11.4 Å². The molecule has 0 saturated heterocycles. The Kier molecular flexibility index (Phi) is 6.97. The number of hydrogen-bond acceptors (Lipinski definition) is 4. The lowest BCUT2D eigenvalue weighted by Gasteiger charge is -2.18. The van der Waals surface area contributed by atoms with E-state index in [0.717, 1.165) is 11.1 Å². The van der Waals surface area contributed by atoms with Gasteiger partial charge in [-0.25, -0.2) is 19.7 Å². The Hall–Kier alpha value is -3.56. The van der Waals surface area contributed by atoms with Crippen molar-refractivity contribution in [2.24, 2.45) is 13.0 Å². The van der Waals surface area contributed by atoms with E-state index in [2.05, 4.69) is 15.0 Å². The van der Waals surface area contributed by atoms with Gasteiger partial charge in [-0.15, -0.1) is 0 Å². The van der Waals surface area contributed by atoms with Gasteiger partial charge in [0.2, 0.25) is 5.95 Å². The summed E-state index contributed by atoms with van der Waals surface area (Å²) in [5.74, 6) is -1.61. The number of fused-ring (bicyclic) bond motifs is 1. The van der Waals surface area contributed by atoms with Gasteiger partial charge < -0.3 is 0 Å². The average Bonchev–Trinajstić information content (AvgIpc) is 3.06. The quantitative estimate of drug-likeness (QED) is 0.238. The molecule has 0 saturated carbocycles. The molecule has 3 heterocycles. The highest BCUT2D eigenvalue weighted by atomic mass is 19.4. The minimum Gasteiger partial charge on any atom is -0.292 e. The second-order valence-corrected chi connectivity index (χ2v) is 9.26. The Morgan fingerprint density at radius 1 is 1.00 bits per heavy atom. The van der Waals surface area contributed by atoms with Crippen molar-refractivity contribution in [2.45, 2.75) is 52.3 Å². The molecule has 0 aliphatic rings. The number of aryl methyl sites for hydroxylation is 2. The Morgan fingerprint density at radius 3 is 2.33 bits per heavy atom. The summed E-state index contributed by atoms with van der Waals surface area (Å²) in [6.45, 7) is 5.04. The summed E-state index contributed by atoms with van der Waals surface area (Å²) in [6, 6.07) is 10.3. The zero-order chi connectivity index (χ0) is 26.2. The van der Waals surface area contributed by atoms with Crippen LogP contribution in [0.15, 0.2) is 47.4 Å². The summed E-state index contributed by atoms with van der Waals surface area (Å²) >= 11 is 0. The molecule has 0 aliphatic heterocycles. The van der Waals surface area contributed by atoms with Crippen LogP contribution < -0.4 is 5.69 Å². The molecule has 6 nitrogen and oxygen atoms in total. The van der Waals surface area contributed by atoms with Crippen LogP contribution in [0.3, 0.4) is 0 Å². The van der Waals surface area contributed by atoms with Crippen LogP contribution in [0.4, 0.5) is 17.6 Å². The number of benzene rings is 1. The number of hydrogen-bond donors (Lipinski definition) is 0. The fraction of sp³-hybridized carbons (Fsp3) is 0.385. The molecule has 0 N–H and O–H groups in total. The largest absolute Gasteiger partial charge is 0.391 e. The lowest BCUT2D eigenvalue weighted by molar-refractivity contribution is -0.171. The van der Waals surface area contributed by atoms with Crippen molar-refractivity contribution in [3.05, 3.63) is 75.8 Å². The highest BCUT2D eigenvalue weighted by Gasteiger charge is 2.35. The molecule has 190 valence electrons. The lowest BCUT2D eigenvalue weighted by atomic mass is 9.91. The summed E-state index contributed by atoms with van der Waals surface area (Å²) < 4.78 is 54.9. The summed E-state index contributed by atoms with van der Waals surface area (Å²) in [6.07, 6.45) is -2.11. The maximum atomic E-state index is 13.4. The normalized spacial score (nSPS) is 13.8. The predicted molar refractivity (Wildman–Crippen MR) is 129 cm³/mol. The van der Waals surface area contributed by atoms with E-state index < -0.39 is 18.0 Å². The van der Waals surface area contributed by atoms with Crippen molar-refractivity contribution in [1.82, 2.24) is 24.1 Å². The first-order valence-electron chi connectivity index (χ1n) is 11.7. The van der Waals surface area contributed by atoms with E-state index >= 15 is 0 Å². The molecule has 0 amide bonds. The van der Waals surface area contributed by atoms with E-state index in [9.17, 15) is 22.4 Å². The van der Waals surface area contributed by atoms with Gasteiger partial charge in [0, 0.05) is 12.6 Å². The van der Waals surface area contributed by atoms with E-state index in [1.165, 1.54) is 22.1 Å². The molecule has 3 aromatic heterocycles. The number of halogens is 4. The molecule has 10 heteroatoms. The van der Waals surface area contributed by atoms with Gasteiger partial charge in [0.15, 0.2) is 11.5 Å². The number of alkyl halides is 3. The molecule has 2 atom stereocenters. The molecule has 4 aromatic rings. The first kappa shape index (κ1) is 25.5. The minimum absolute atomic E-state index is 0.0213. The zero-order valence-corrected chi connectivity index (χ0v) is 20.5. The van der Waals surface area contributed by atoms with Crippen molar-refractivity contribution in [3.63, 3.8) is 0 Å². The Labute approximate surface area is 205 Å². The van der Waals surface area contributed by atoms with Gasteiger partial charge in [-0.05, 0) is 48.9 Å². The van der Waals surface area contributed by atoms with Gasteiger partial charge in [0.05, 0.1) is 24.4 Å². The van der Waals surface area contributed by atoms with E-state index in [-0.39, 0.29) is 24.6 Å². The summed E-state index contributed by atoms with van der Waals surface area (Å²) in [5, 5.41) is 0. The zero-order valence-electron chi connectivity index (χ0n) is 20.5. The maximum Gasteiger partial charge on any atom is 0.391 e. The molecule has 0 aliphatic carbocycles. The second-order valence-electron chi connectivity index (χ2n) is 9.26. The number of nitrogens with zero attached hydrogens (tertiary/aromatic N) is 5. The highest BCUT2D eigenvalue weighted by Crippen LogP contribution is 2.32. The summed E-state index contributed by atoms with van der Waals surface area (Å²) in [4.78, 5) is 25.7. The van der Waals surface area contributed by atoms with E-state index in [1.807, 2.05) is 31.2 Å². The van der Waals surface area contributed by atoms with Crippen LogP contribution in [-0.2, 0) is 13.6 Å². The third-order valence-electron chi connectivity index (χ3n) is 6.66. The minimum atomic E-state index is -4.18. The van der Waals surface area contributed by atoms with Crippen molar-refractivity contribution in [2.75, 3.05) is 0 Å². The third kappa shape index (κ3) is 5.17. The smallest absolute Gasteiger partial charge is 0.292 e. The number of imidazole rings is 1. The second kappa shape index (κ2) is 9.83. The van der Waals surface area contributed by atoms with Crippen LogP contribution in [0.2, 0.25) is 0 Å².